The van der Waals surface area contributed by atoms with Gasteiger partial charge in [-0.25, -0.2) is 0 Å². The van der Waals surface area contributed by atoms with Crippen LogP contribution in [0, 0.1) is 11.8 Å². The quantitative estimate of drug-likeness (QED) is 0.744. The predicted octanol–water partition coefficient (Wildman–Crippen LogP) is 1.52. The van der Waals surface area contributed by atoms with Crippen LogP contribution in [0.15, 0.2) is 6.07 Å². The van der Waals surface area contributed by atoms with E-state index in [9.17, 15) is 0 Å². The average molecular weight is 177 g/mol. The summed E-state index contributed by atoms with van der Waals surface area (Å²) in [6.45, 7) is 0. The van der Waals surface area contributed by atoms with Gasteiger partial charge in [-0.2, -0.15) is 5.10 Å². The van der Waals surface area contributed by atoms with Gasteiger partial charge in [0.15, 0.2) is 0 Å². The minimum atomic E-state index is 0.732. The molecule has 3 nitrogen and oxygen atoms in total. The van der Waals surface area contributed by atoms with Gasteiger partial charge in [0.1, 0.15) is 5.82 Å². The summed E-state index contributed by atoms with van der Waals surface area (Å²) in [4.78, 5) is 0. The van der Waals surface area contributed by atoms with E-state index in [1.54, 1.807) is 4.68 Å². The molecule has 1 heterocycles. The highest BCUT2D eigenvalue weighted by molar-refractivity contribution is 5.34. The third kappa shape index (κ3) is 1.14. The van der Waals surface area contributed by atoms with Crippen LogP contribution in [-0.2, 0) is 7.05 Å². The second kappa shape index (κ2) is 2.28. The van der Waals surface area contributed by atoms with Crippen molar-refractivity contribution in [1.82, 2.24) is 9.78 Å². The molecule has 13 heavy (non-hydrogen) atoms. The third-order valence-corrected chi connectivity index (χ3v) is 3.38. The van der Waals surface area contributed by atoms with Crippen molar-refractivity contribution in [3.05, 3.63) is 11.8 Å². The number of nitrogen functional groups attached to an aromatic ring is 1. The van der Waals surface area contributed by atoms with Gasteiger partial charge >= 0.3 is 0 Å². The zero-order valence-electron chi connectivity index (χ0n) is 7.90. The Morgan fingerprint density at radius 2 is 2.31 bits per heavy atom. The number of rotatable bonds is 2. The lowest BCUT2D eigenvalue weighted by atomic mass is 10.2. The summed E-state index contributed by atoms with van der Waals surface area (Å²) in [5.41, 5.74) is 6.96. The fraction of sp³-hybridized carbons (Fsp3) is 0.700. The van der Waals surface area contributed by atoms with Crippen molar-refractivity contribution < 1.29 is 0 Å². The Balaban J connectivity index is 1.78. The van der Waals surface area contributed by atoms with Crippen LogP contribution >= 0.6 is 0 Å². The molecule has 0 radical (unpaired) electrons. The van der Waals surface area contributed by atoms with E-state index >= 15 is 0 Å². The molecule has 2 saturated carbocycles. The Kier molecular flexibility index (Phi) is 1.30. The molecule has 3 rings (SSSR count). The maximum atomic E-state index is 5.74. The van der Waals surface area contributed by atoms with E-state index < -0.39 is 0 Å². The van der Waals surface area contributed by atoms with Crippen molar-refractivity contribution in [2.75, 3.05) is 5.73 Å². The van der Waals surface area contributed by atoms with E-state index in [4.69, 9.17) is 5.73 Å². The largest absolute Gasteiger partial charge is 0.384 e. The third-order valence-electron chi connectivity index (χ3n) is 3.38. The molecule has 0 aliphatic heterocycles. The van der Waals surface area contributed by atoms with Crippen LogP contribution in [0.3, 0.4) is 0 Å². The molecule has 2 aliphatic rings. The maximum absolute atomic E-state index is 5.74. The van der Waals surface area contributed by atoms with Crippen LogP contribution in [0.5, 0.6) is 0 Å². The first kappa shape index (κ1) is 7.42. The Bertz CT molecular complexity index is 318. The standard InChI is InChI=1S/C10H15N3/c1-13-10(11)5-9(12-13)8-4-7(8)6-2-3-6/h5-8H,2-4,11H2,1H3. The molecule has 0 saturated heterocycles. The summed E-state index contributed by atoms with van der Waals surface area (Å²) in [7, 11) is 1.91. The molecule has 1 aromatic rings. The summed E-state index contributed by atoms with van der Waals surface area (Å²) in [6.07, 6.45) is 4.24. The van der Waals surface area contributed by atoms with Gasteiger partial charge in [0.05, 0.1) is 5.69 Å². The smallest absolute Gasteiger partial charge is 0.121 e. The molecule has 2 N–H and O–H groups in total. The van der Waals surface area contributed by atoms with E-state index in [-0.39, 0.29) is 0 Å². The number of nitrogens with zero attached hydrogens (tertiary/aromatic N) is 2. The second-order valence-corrected chi connectivity index (χ2v) is 4.46. The first-order valence-electron chi connectivity index (χ1n) is 5.05. The van der Waals surface area contributed by atoms with E-state index in [0.29, 0.717) is 0 Å². The van der Waals surface area contributed by atoms with Crippen molar-refractivity contribution in [3.63, 3.8) is 0 Å². The molecule has 2 unspecified atom stereocenters. The van der Waals surface area contributed by atoms with Crippen molar-refractivity contribution in [2.24, 2.45) is 18.9 Å². The number of hydrogen-bond donors (Lipinski definition) is 1. The molecule has 0 bridgehead atoms. The Morgan fingerprint density at radius 3 is 2.85 bits per heavy atom. The molecule has 1 aromatic heterocycles. The fourth-order valence-corrected chi connectivity index (χ4v) is 2.29. The molecule has 2 atom stereocenters. The fourth-order valence-electron chi connectivity index (χ4n) is 2.29. The predicted molar refractivity (Wildman–Crippen MR) is 51.2 cm³/mol. The van der Waals surface area contributed by atoms with E-state index in [1.807, 2.05) is 13.1 Å². The van der Waals surface area contributed by atoms with Gasteiger partial charge in [0.25, 0.3) is 0 Å². The minimum Gasteiger partial charge on any atom is -0.384 e. The highest BCUT2D eigenvalue weighted by Crippen LogP contribution is 2.58. The van der Waals surface area contributed by atoms with Crippen LogP contribution in [-0.4, -0.2) is 9.78 Å². The van der Waals surface area contributed by atoms with Gasteiger partial charge in [-0.15, -0.1) is 0 Å². The average Bonchev–Trinajstić information content (AvgIpc) is 2.97. The zero-order chi connectivity index (χ0) is 9.00. The molecule has 70 valence electrons. The zero-order valence-corrected chi connectivity index (χ0v) is 7.90. The lowest BCUT2D eigenvalue weighted by molar-refractivity contribution is 0.671. The van der Waals surface area contributed by atoms with Gasteiger partial charge in [0.2, 0.25) is 0 Å². The Hall–Kier alpha value is -0.990. The van der Waals surface area contributed by atoms with Crippen LogP contribution in [0.1, 0.15) is 30.9 Å². The van der Waals surface area contributed by atoms with Crippen molar-refractivity contribution in [2.45, 2.75) is 25.2 Å². The van der Waals surface area contributed by atoms with E-state index in [0.717, 1.165) is 23.6 Å². The van der Waals surface area contributed by atoms with E-state index in [2.05, 4.69) is 5.10 Å². The lowest BCUT2D eigenvalue weighted by Gasteiger charge is -1.92. The van der Waals surface area contributed by atoms with Gasteiger partial charge in [-0.05, 0) is 31.1 Å². The summed E-state index contributed by atoms with van der Waals surface area (Å²) in [5, 5.41) is 4.42. The molecule has 2 aliphatic carbocycles. The first-order valence-corrected chi connectivity index (χ1v) is 5.05. The number of anilines is 1. The van der Waals surface area contributed by atoms with Gasteiger partial charge in [0, 0.05) is 19.0 Å². The van der Waals surface area contributed by atoms with Crippen LogP contribution in [0.4, 0.5) is 5.82 Å². The number of aromatic nitrogens is 2. The molecule has 3 heteroatoms. The molecule has 0 aromatic carbocycles. The van der Waals surface area contributed by atoms with Crippen LogP contribution in [0.2, 0.25) is 0 Å². The first-order chi connectivity index (χ1) is 6.25. The lowest BCUT2D eigenvalue weighted by Crippen LogP contribution is -1.97. The SMILES string of the molecule is Cn1nc(C2CC2C2CC2)cc1N. The summed E-state index contributed by atoms with van der Waals surface area (Å²) in [6, 6.07) is 2.03. The van der Waals surface area contributed by atoms with Crippen molar-refractivity contribution >= 4 is 5.82 Å². The topological polar surface area (TPSA) is 43.8 Å². The summed E-state index contributed by atoms with van der Waals surface area (Å²) in [5.74, 6) is 3.48. The van der Waals surface area contributed by atoms with Crippen molar-refractivity contribution in [1.29, 1.82) is 0 Å². The summed E-state index contributed by atoms with van der Waals surface area (Å²) < 4.78 is 1.78. The Morgan fingerprint density at radius 1 is 1.54 bits per heavy atom. The second-order valence-electron chi connectivity index (χ2n) is 4.46. The normalized spacial score (nSPS) is 32.1. The van der Waals surface area contributed by atoms with Gasteiger partial charge < -0.3 is 5.73 Å². The monoisotopic (exact) mass is 177 g/mol. The number of aryl methyl sites for hydroxylation is 1. The number of nitrogens with two attached hydrogens (primary N) is 1. The van der Waals surface area contributed by atoms with Crippen molar-refractivity contribution in [3.8, 4) is 0 Å². The molecular weight excluding hydrogens is 162 g/mol. The van der Waals surface area contributed by atoms with Gasteiger partial charge in [-0.3, -0.25) is 4.68 Å². The number of hydrogen-bond acceptors (Lipinski definition) is 2. The summed E-state index contributed by atoms with van der Waals surface area (Å²) >= 11 is 0. The Labute approximate surface area is 77.9 Å². The van der Waals surface area contributed by atoms with E-state index in [1.165, 1.54) is 25.0 Å². The molecule has 0 spiro atoms. The highest BCUT2D eigenvalue weighted by atomic mass is 15.3. The maximum Gasteiger partial charge on any atom is 0.121 e. The highest BCUT2D eigenvalue weighted by Gasteiger charge is 2.49. The molecule has 0 amide bonds. The molecule has 2 fully saturated rings. The van der Waals surface area contributed by atoms with Crippen LogP contribution < -0.4 is 5.73 Å². The molecular formula is C10H15N3. The minimum absolute atomic E-state index is 0.732. The van der Waals surface area contributed by atoms with Gasteiger partial charge in [-0.1, -0.05) is 0 Å². The van der Waals surface area contributed by atoms with Crippen LogP contribution in [0.25, 0.3) is 0 Å².